The van der Waals surface area contributed by atoms with E-state index in [1.807, 2.05) is 18.2 Å². The van der Waals surface area contributed by atoms with E-state index in [2.05, 4.69) is 11.1 Å². The van der Waals surface area contributed by atoms with Crippen LogP contribution in [0.2, 0.25) is 0 Å². The van der Waals surface area contributed by atoms with Gasteiger partial charge in [-0.3, -0.25) is 4.98 Å². The van der Waals surface area contributed by atoms with Crippen molar-refractivity contribution in [3.63, 3.8) is 0 Å². The normalized spacial score (nSPS) is 21.3. The zero-order valence-corrected chi connectivity index (χ0v) is 10.7. The van der Waals surface area contributed by atoms with Crippen molar-refractivity contribution in [2.24, 2.45) is 5.41 Å². The van der Waals surface area contributed by atoms with E-state index >= 15 is 0 Å². The summed E-state index contributed by atoms with van der Waals surface area (Å²) in [4.78, 5) is 4.20. The molecule has 2 rings (SSSR count). The maximum absolute atomic E-state index is 10.5. The molecule has 0 amide bonds. The fraction of sp³-hybridized carbons (Fsp3) is 0.600. The molecule has 1 atom stereocenters. The highest BCUT2D eigenvalue weighted by atomic mass is 16.3. The van der Waals surface area contributed by atoms with E-state index in [0.29, 0.717) is 5.69 Å². The second kappa shape index (κ2) is 5.97. The Balaban J connectivity index is 2.22. The van der Waals surface area contributed by atoms with E-state index in [9.17, 15) is 10.4 Å². The van der Waals surface area contributed by atoms with Gasteiger partial charge in [-0.05, 0) is 25.0 Å². The predicted molar refractivity (Wildman–Crippen MR) is 69.6 cm³/mol. The van der Waals surface area contributed by atoms with Gasteiger partial charge in [-0.1, -0.05) is 38.2 Å². The molecule has 3 heteroatoms. The number of aliphatic hydroxyl groups is 1. The van der Waals surface area contributed by atoms with Crippen molar-refractivity contribution in [2.75, 3.05) is 0 Å². The predicted octanol–water partition coefficient (Wildman–Crippen LogP) is 3.37. The molecule has 1 N–H and O–H groups in total. The largest absolute Gasteiger partial charge is 0.385 e. The standard InChI is InChI=1S/C15H20N2O/c16-12-15(9-5-2-1-3-6-10-15)14(18)13-8-4-7-11-17-13/h4,7-8,11,14,18H,1-3,5-6,9-10H2. The smallest absolute Gasteiger partial charge is 0.114 e. The minimum atomic E-state index is -0.762. The summed E-state index contributed by atoms with van der Waals surface area (Å²) < 4.78 is 0. The van der Waals surface area contributed by atoms with Gasteiger partial charge in [0.2, 0.25) is 0 Å². The molecule has 0 spiro atoms. The van der Waals surface area contributed by atoms with Crippen LogP contribution in [0.4, 0.5) is 0 Å². The summed E-state index contributed by atoms with van der Waals surface area (Å²) in [6.45, 7) is 0. The monoisotopic (exact) mass is 244 g/mol. The molecule has 1 aliphatic rings. The van der Waals surface area contributed by atoms with Crippen LogP contribution in [0.3, 0.4) is 0 Å². The zero-order valence-electron chi connectivity index (χ0n) is 10.7. The third kappa shape index (κ3) is 2.70. The topological polar surface area (TPSA) is 56.9 Å². The van der Waals surface area contributed by atoms with Crippen molar-refractivity contribution in [1.29, 1.82) is 5.26 Å². The Kier molecular flexibility index (Phi) is 4.33. The van der Waals surface area contributed by atoms with Crippen molar-refractivity contribution in [2.45, 2.75) is 51.0 Å². The Morgan fingerprint density at radius 2 is 1.83 bits per heavy atom. The number of aliphatic hydroxyl groups excluding tert-OH is 1. The van der Waals surface area contributed by atoms with Gasteiger partial charge in [0.05, 0.1) is 17.2 Å². The lowest BCUT2D eigenvalue weighted by Crippen LogP contribution is -2.29. The van der Waals surface area contributed by atoms with Crippen LogP contribution < -0.4 is 0 Å². The Labute approximate surface area is 108 Å². The fourth-order valence-corrected chi connectivity index (χ4v) is 2.80. The third-order valence-corrected chi connectivity index (χ3v) is 3.96. The van der Waals surface area contributed by atoms with Crippen molar-refractivity contribution in [3.05, 3.63) is 30.1 Å². The van der Waals surface area contributed by atoms with E-state index in [1.165, 1.54) is 19.3 Å². The van der Waals surface area contributed by atoms with Crippen LogP contribution in [0.5, 0.6) is 0 Å². The Morgan fingerprint density at radius 1 is 1.17 bits per heavy atom. The maximum atomic E-state index is 10.5. The summed E-state index contributed by atoms with van der Waals surface area (Å²) in [5.74, 6) is 0. The average molecular weight is 244 g/mol. The molecule has 0 aromatic carbocycles. The van der Waals surface area contributed by atoms with Crippen LogP contribution in [-0.2, 0) is 0 Å². The van der Waals surface area contributed by atoms with Gasteiger partial charge in [-0.15, -0.1) is 0 Å². The molecule has 1 unspecified atom stereocenters. The van der Waals surface area contributed by atoms with Crippen LogP contribution in [0.1, 0.15) is 56.7 Å². The lowest BCUT2D eigenvalue weighted by atomic mass is 9.72. The number of nitriles is 1. The fourth-order valence-electron chi connectivity index (χ4n) is 2.80. The first kappa shape index (κ1) is 13.0. The molecular formula is C15H20N2O. The molecule has 0 aliphatic heterocycles. The van der Waals surface area contributed by atoms with Gasteiger partial charge in [0, 0.05) is 6.20 Å². The van der Waals surface area contributed by atoms with Gasteiger partial charge in [-0.25, -0.2) is 0 Å². The third-order valence-electron chi connectivity index (χ3n) is 3.96. The highest BCUT2D eigenvalue weighted by Crippen LogP contribution is 2.43. The Morgan fingerprint density at radius 3 is 2.39 bits per heavy atom. The van der Waals surface area contributed by atoms with E-state index in [1.54, 1.807) is 6.20 Å². The second-order valence-corrected chi connectivity index (χ2v) is 5.19. The summed E-state index contributed by atoms with van der Waals surface area (Å²) in [5.41, 5.74) is -0.0194. The highest BCUT2D eigenvalue weighted by molar-refractivity contribution is 5.16. The molecule has 0 saturated heterocycles. The molecule has 18 heavy (non-hydrogen) atoms. The van der Waals surface area contributed by atoms with Crippen molar-refractivity contribution in [3.8, 4) is 6.07 Å². The van der Waals surface area contributed by atoms with Gasteiger partial charge in [0.15, 0.2) is 0 Å². The lowest BCUT2D eigenvalue weighted by Gasteiger charge is -2.32. The van der Waals surface area contributed by atoms with Gasteiger partial charge in [-0.2, -0.15) is 5.26 Å². The molecule has 3 nitrogen and oxygen atoms in total. The summed E-state index contributed by atoms with van der Waals surface area (Å²) in [7, 11) is 0. The molecule has 1 aliphatic carbocycles. The highest BCUT2D eigenvalue weighted by Gasteiger charge is 2.39. The molecule has 1 aromatic heterocycles. The Hall–Kier alpha value is -1.40. The van der Waals surface area contributed by atoms with Crippen LogP contribution in [0.25, 0.3) is 0 Å². The number of hydrogen-bond donors (Lipinski definition) is 1. The van der Waals surface area contributed by atoms with Crippen molar-refractivity contribution < 1.29 is 5.11 Å². The van der Waals surface area contributed by atoms with E-state index in [-0.39, 0.29) is 0 Å². The maximum Gasteiger partial charge on any atom is 0.114 e. The van der Waals surface area contributed by atoms with E-state index < -0.39 is 11.5 Å². The average Bonchev–Trinajstić information content (AvgIpc) is 2.40. The number of hydrogen-bond acceptors (Lipinski definition) is 3. The second-order valence-electron chi connectivity index (χ2n) is 5.19. The molecule has 1 heterocycles. The van der Waals surface area contributed by atoms with Gasteiger partial charge in [0.1, 0.15) is 6.10 Å². The quantitative estimate of drug-likeness (QED) is 0.867. The molecule has 0 radical (unpaired) electrons. The number of aromatic nitrogens is 1. The number of nitrogens with zero attached hydrogens (tertiary/aromatic N) is 2. The zero-order chi connectivity index (χ0) is 12.8. The molecule has 0 bridgehead atoms. The van der Waals surface area contributed by atoms with Gasteiger partial charge >= 0.3 is 0 Å². The molecule has 1 aromatic rings. The molecule has 96 valence electrons. The van der Waals surface area contributed by atoms with Crippen LogP contribution in [0.15, 0.2) is 24.4 Å². The minimum absolute atomic E-state index is 0.625. The van der Waals surface area contributed by atoms with E-state index in [0.717, 1.165) is 25.7 Å². The Bertz CT molecular complexity index is 402. The number of rotatable bonds is 2. The molecule has 1 fully saturated rings. The summed E-state index contributed by atoms with van der Waals surface area (Å²) in [5, 5.41) is 20.1. The first-order chi connectivity index (χ1) is 8.78. The minimum Gasteiger partial charge on any atom is -0.385 e. The first-order valence-corrected chi connectivity index (χ1v) is 6.79. The van der Waals surface area contributed by atoms with Crippen molar-refractivity contribution in [1.82, 2.24) is 4.98 Å². The van der Waals surface area contributed by atoms with E-state index in [4.69, 9.17) is 0 Å². The summed E-state index contributed by atoms with van der Waals surface area (Å²) in [6, 6.07) is 7.89. The number of pyridine rings is 1. The summed E-state index contributed by atoms with van der Waals surface area (Å²) >= 11 is 0. The van der Waals surface area contributed by atoms with Crippen LogP contribution in [0, 0.1) is 16.7 Å². The van der Waals surface area contributed by atoms with Gasteiger partial charge in [0.25, 0.3) is 0 Å². The first-order valence-electron chi connectivity index (χ1n) is 6.79. The lowest BCUT2D eigenvalue weighted by molar-refractivity contribution is 0.0401. The molecular weight excluding hydrogens is 224 g/mol. The van der Waals surface area contributed by atoms with Crippen LogP contribution in [-0.4, -0.2) is 10.1 Å². The van der Waals surface area contributed by atoms with Crippen molar-refractivity contribution >= 4 is 0 Å². The molecule has 1 saturated carbocycles. The van der Waals surface area contributed by atoms with Gasteiger partial charge < -0.3 is 5.11 Å². The SMILES string of the molecule is N#CC1(C(O)c2ccccn2)CCCCCCC1. The summed E-state index contributed by atoms with van der Waals surface area (Å²) in [6.07, 6.45) is 8.10. The van der Waals surface area contributed by atoms with Crippen LogP contribution >= 0.6 is 0 Å².